The number of rotatable bonds is 5. The molecular weight excluding hydrogens is 226 g/mol. The van der Waals surface area contributed by atoms with E-state index in [0.717, 1.165) is 18.6 Å². The number of hydrogen-bond donors (Lipinski definition) is 0. The van der Waals surface area contributed by atoms with Crippen LogP contribution in [0.15, 0.2) is 47.1 Å². The minimum absolute atomic E-state index is 0.00439. The van der Waals surface area contributed by atoms with Crippen LogP contribution in [0.1, 0.15) is 38.5 Å². The van der Waals surface area contributed by atoms with Crippen LogP contribution in [-0.2, 0) is 4.79 Å². The van der Waals surface area contributed by atoms with Crippen molar-refractivity contribution in [2.45, 2.75) is 38.8 Å². The number of nitrogens with zero attached hydrogens (tertiary/aromatic N) is 1. The van der Waals surface area contributed by atoms with Crippen LogP contribution in [0.2, 0.25) is 0 Å². The van der Waals surface area contributed by atoms with Gasteiger partial charge in [-0.05, 0) is 38.8 Å². The van der Waals surface area contributed by atoms with Crippen LogP contribution >= 0.6 is 0 Å². The second kappa shape index (κ2) is 5.71. The fourth-order valence-electron chi connectivity index (χ4n) is 2.04. The lowest BCUT2D eigenvalue weighted by molar-refractivity contribution is -0.129. The van der Waals surface area contributed by atoms with Gasteiger partial charge in [-0.3, -0.25) is 4.79 Å². The fourth-order valence-corrected chi connectivity index (χ4v) is 2.04. The van der Waals surface area contributed by atoms with Gasteiger partial charge in [-0.1, -0.05) is 18.2 Å². The lowest BCUT2D eigenvalue weighted by Gasteiger charge is -2.26. The highest BCUT2D eigenvalue weighted by molar-refractivity contribution is 5.88. The minimum atomic E-state index is -0.00439. The van der Waals surface area contributed by atoms with Crippen molar-refractivity contribution in [3.8, 4) is 0 Å². The molecule has 3 heteroatoms. The van der Waals surface area contributed by atoms with Gasteiger partial charge >= 0.3 is 0 Å². The van der Waals surface area contributed by atoms with Gasteiger partial charge in [0.2, 0.25) is 5.91 Å². The number of carbonyl (C=O) groups excluding carboxylic acids is 1. The Labute approximate surface area is 108 Å². The van der Waals surface area contributed by atoms with E-state index in [1.54, 1.807) is 18.4 Å². The summed E-state index contributed by atoms with van der Waals surface area (Å²) in [7, 11) is 0. The van der Waals surface area contributed by atoms with E-state index >= 15 is 0 Å². The second-order valence-corrected chi connectivity index (χ2v) is 4.55. The van der Waals surface area contributed by atoms with Crippen molar-refractivity contribution in [1.82, 2.24) is 4.90 Å². The van der Waals surface area contributed by atoms with Crippen molar-refractivity contribution in [2.75, 3.05) is 0 Å². The molecule has 0 radical (unpaired) electrons. The molecule has 1 amide bonds. The zero-order valence-corrected chi connectivity index (χ0v) is 10.9. The standard InChI is InChI=1S/C15H19NO2/c1-3-4-5-8-15(17)16(13-9-10-13)12(2)14-7-6-11-18-14/h3-8,11-13H,9-10H2,1-2H3. The zero-order valence-electron chi connectivity index (χ0n) is 10.9. The molecular formula is C15H19NO2. The molecule has 1 unspecified atom stereocenters. The third kappa shape index (κ3) is 2.92. The van der Waals surface area contributed by atoms with Crippen molar-refractivity contribution in [1.29, 1.82) is 0 Å². The van der Waals surface area contributed by atoms with Crippen LogP contribution in [0, 0.1) is 0 Å². The molecule has 0 aromatic carbocycles. The van der Waals surface area contributed by atoms with Crippen LogP contribution in [-0.4, -0.2) is 16.8 Å². The smallest absolute Gasteiger partial charge is 0.247 e. The molecule has 0 saturated heterocycles. The molecule has 96 valence electrons. The van der Waals surface area contributed by atoms with E-state index in [4.69, 9.17) is 4.42 Å². The maximum absolute atomic E-state index is 12.2. The van der Waals surface area contributed by atoms with E-state index in [-0.39, 0.29) is 11.9 Å². The first kappa shape index (κ1) is 12.7. The average Bonchev–Trinajstić information content (AvgIpc) is 3.03. The molecule has 2 rings (SSSR count). The third-order valence-corrected chi connectivity index (χ3v) is 3.11. The Hall–Kier alpha value is -1.77. The Morgan fingerprint density at radius 3 is 2.83 bits per heavy atom. The van der Waals surface area contributed by atoms with Crippen LogP contribution in [0.25, 0.3) is 0 Å². The topological polar surface area (TPSA) is 33.5 Å². The van der Waals surface area contributed by atoms with Gasteiger partial charge in [0, 0.05) is 12.1 Å². The molecule has 1 fully saturated rings. The first-order chi connectivity index (χ1) is 8.74. The zero-order chi connectivity index (χ0) is 13.0. The molecule has 0 bridgehead atoms. The molecule has 0 spiro atoms. The number of furan rings is 1. The molecule has 1 heterocycles. The summed E-state index contributed by atoms with van der Waals surface area (Å²) >= 11 is 0. The van der Waals surface area contributed by atoms with E-state index < -0.39 is 0 Å². The van der Waals surface area contributed by atoms with Gasteiger partial charge in [0.05, 0.1) is 12.3 Å². The van der Waals surface area contributed by atoms with Crippen LogP contribution in [0.4, 0.5) is 0 Å². The van der Waals surface area contributed by atoms with Gasteiger partial charge in [-0.25, -0.2) is 0 Å². The molecule has 0 aliphatic heterocycles. The summed E-state index contributed by atoms with van der Waals surface area (Å²) < 4.78 is 5.40. The van der Waals surface area contributed by atoms with Gasteiger partial charge in [0.25, 0.3) is 0 Å². The van der Waals surface area contributed by atoms with Gasteiger partial charge in [-0.15, -0.1) is 0 Å². The monoisotopic (exact) mass is 245 g/mol. The van der Waals surface area contributed by atoms with E-state index in [2.05, 4.69) is 0 Å². The predicted octanol–water partition coefficient (Wildman–Crippen LogP) is 3.46. The first-order valence-electron chi connectivity index (χ1n) is 6.39. The summed E-state index contributed by atoms with van der Waals surface area (Å²) in [6, 6.07) is 4.14. The molecule has 0 N–H and O–H groups in total. The maximum atomic E-state index is 12.2. The second-order valence-electron chi connectivity index (χ2n) is 4.55. The van der Waals surface area contributed by atoms with Crippen LogP contribution < -0.4 is 0 Å². The Morgan fingerprint density at radius 2 is 2.28 bits per heavy atom. The summed E-state index contributed by atoms with van der Waals surface area (Å²) in [5.41, 5.74) is 0. The van der Waals surface area contributed by atoms with Crippen molar-refractivity contribution < 1.29 is 9.21 Å². The molecule has 1 aliphatic rings. The summed E-state index contributed by atoms with van der Waals surface area (Å²) in [6.07, 6.45) is 11.0. The normalized spacial score (nSPS) is 17.4. The van der Waals surface area contributed by atoms with E-state index in [1.807, 2.05) is 43.0 Å². The molecule has 1 atom stereocenters. The van der Waals surface area contributed by atoms with Crippen molar-refractivity contribution in [3.63, 3.8) is 0 Å². The maximum Gasteiger partial charge on any atom is 0.247 e. The van der Waals surface area contributed by atoms with Gasteiger partial charge < -0.3 is 9.32 Å². The molecule has 1 aromatic heterocycles. The highest BCUT2D eigenvalue weighted by Crippen LogP contribution is 2.34. The quantitative estimate of drug-likeness (QED) is 0.588. The highest BCUT2D eigenvalue weighted by atomic mass is 16.3. The lowest BCUT2D eigenvalue weighted by atomic mass is 10.2. The van der Waals surface area contributed by atoms with Crippen LogP contribution in [0.5, 0.6) is 0 Å². The van der Waals surface area contributed by atoms with Gasteiger partial charge in [0.15, 0.2) is 0 Å². The Bertz CT molecular complexity index is 441. The molecule has 1 aliphatic carbocycles. The van der Waals surface area contributed by atoms with E-state index in [1.165, 1.54) is 0 Å². The Balaban J connectivity index is 2.10. The largest absolute Gasteiger partial charge is 0.467 e. The third-order valence-electron chi connectivity index (χ3n) is 3.11. The Morgan fingerprint density at radius 1 is 1.50 bits per heavy atom. The number of allylic oxidation sites excluding steroid dienone is 3. The average molecular weight is 245 g/mol. The number of carbonyl (C=O) groups is 1. The summed E-state index contributed by atoms with van der Waals surface area (Å²) in [6.45, 7) is 3.94. The van der Waals surface area contributed by atoms with E-state index in [0.29, 0.717) is 6.04 Å². The van der Waals surface area contributed by atoms with Crippen molar-refractivity contribution >= 4 is 5.91 Å². The SMILES string of the molecule is CC=CC=CC(=O)N(C1CC1)C(C)c1ccco1. The molecule has 18 heavy (non-hydrogen) atoms. The number of amides is 1. The molecule has 1 aromatic rings. The first-order valence-corrected chi connectivity index (χ1v) is 6.39. The van der Waals surface area contributed by atoms with Gasteiger partial charge in [0.1, 0.15) is 5.76 Å². The van der Waals surface area contributed by atoms with Crippen molar-refractivity contribution in [3.05, 3.63) is 48.5 Å². The number of hydrogen-bond acceptors (Lipinski definition) is 2. The minimum Gasteiger partial charge on any atom is -0.467 e. The fraction of sp³-hybridized carbons (Fsp3) is 0.400. The summed E-state index contributed by atoms with van der Waals surface area (Å²) in [5.74, 6) is 0.897. The molecule has 1 saturated carbocycles. The lowest BCUT2D eigenvalue weighted by Crippen LogP contribution is -2.34. The van der Waals surface area contributed by atoms with Crippen LogP contribution in [0.3, 0.4) is 0 Å². The Kier molecular flexibility index (Phi) is 4.03. The van der Waals surface area contributed by atoms with Gasteiger partial charge in [-0.2, -0.15) is 0 Å². The highest BCUT2D eigenvalue weighted by Gasteiger charge is 2.36. The van der Waals surface area contributed by atoms with Crippen molar-refractivity contribution in [2.24, 2.45) is 0 Å². The summed E-state index contributed by atoms with van der Waals surface area (Å²) in [5, 5.41) is 0. The predicted molar refractivity (Wildman–Crippen MR) is 70.9 cm³/mol. The molecule has 3 nitrogen and oxygen atoms in total. The van der Waals surface area contributed by atoms with E-state index in [9.17, 15) is 4.79 Å². The summed E-state index contributed by atoms with van der Waals surface area (Å²) in [4.78, 5) is 14.1.